The van der Waals surface area contributed by atoms with Gasteiger partial charge < -0.3 is 4.90 Å². The number of rotatable bonds is 3. The van der Waals surface area contributed by atoms with Gasteiger partial charge in [-0.1, -0.05) is 24.8 Å². The average molecular weight is 222 g/mol. The molecule has 0 aromatic heterocycles. The maximum Gasteiger partial charge on any atom is 0.0474 e. The summed E-state index contributed by atoms with van der Waals surface area (Å²) in [5.74, 6) is 0.505. The highest BCUT2D eigenvalue weighted by Gasteiger charge is 2.15. The van der Waals surface area contributed by atoms with E-state index in [2.05, 4.69) is 29.7 Å². The van der Waals surface area contributed by atoms with Crippen LogP contribution in [0.3, 0.4) is 0 Å². The van der Waals surface area contributed by atoms with Crippen molar-refractivity contribution >= 4 is 22.9 Å². The SMILES string of the molecule is C=C(CCl)c1ccccc1N1CCCC1. The Hall–Kier alpha value is -0.950. The van der Waals surface area contributed by atoms with E-state index in [4.69, 9.17) is 11.6 Å². The first kappa shape index (κ1) is 10.6. The predicted octanol–water partition coefficient (Wildman–Crippen LogP) is 3.54. The van der Waals surface area contributed by atoms with E-state index in [1.807, 2.05) is 6.07 Å². The van der Waals surface area contributed by atoms with E-state index in [0.717, 1.165) is 18.7 Å². The molecule has 1 aliphatic heterocycles. The molecule has 2 rings (SSSR count). The molecule has 1 aromatic rings. The molecule has 15 heavy (non-hydrogen) atoms. The fraction of sp³-hybridized carbons (Fsp3) is 0.385. The van der Waals surface area contributed by atoms with Crippen molar-refractivity contribution in [3.63, 3.8) is 0 Å². The summed E-state index contributed by atoms with van der Waals surface area (Å²) in [5.41, 5.74) is 3.51. The van der Waals surface area contributed by atoms with E-state index in [1.54, 1.807) is 0 Å². The van der Waals surface area contributed by atoms with Crippen molar-refractivity contribution in [2.24, 2.45) is 0 Å². The quantitative estimate of drug-likeness (QED) is 0.706. The summed E-state index contributed by atoms with van der Waals surface area (Å²) >= 11 is 5.85. The summed E-state index contributed by atoms with van der Waals surface area (Å²) in [4.78, 5) is 2.42. The minimum absolute atomic E-state index is 0.505. The van der Waals surface area contributed by atoms with Crippen molar-refractivity contribution in [2.45, 2.75) is 12.8 Å². The lowest BCUT2D eigenvalue weighted by Crippen LogP contribution is -2.19. The molecule has 1 heterocycles. The summed E-state index contributed by atoms with van der Waals surface area (Å²) in [5, 5.41) is 0. The second-order valence-corrected chi connectivity index (χ2v) is 4.22. The van der Waals surface area contributed by atoms with Gasteiger partial charge in [0.1, 0.15) is 0 Å². The largest absolute Gasteiger partial charge is 0.371 e. The fourth-order valence-corrected chi connectivity index (χ4v) is 2.22. The van der Waals surface area contributed by atoms with Crippen LogP contribution in [0.1, 0.15) is 18.4 Å². The van der Waals surface area contributed by atoms with E-state index in [9.17, 15) is 0 Å². The van der Waals surface area contributed by atoms with Crippen LogP contribution in [0.4, 0.5) is 5.69 Å². The lowest BCUT2D eigenvalue weighted by molar-refractivity contribution is 0.949. The van der Waals surface area contributed by atoms with Crippen LogP contribution >= 0.6 is 11.6 Å². The molecule has 0 unspecified atom stereocenters. The van der Waals surface area contributed by atoms with Gasteiger partial charge in [0.05, 0.1) is 0 Å². The van der Waals surface area contributed by atoms with Crippen LogP contribution in [0.5, 0.6) is 0 Å². The van der Waals surface area contributed by atoms with Crippen LogP contribution in [0, 0.1) is 0 Å². The summed E-state index contributed by atoms with van der Waals surface area (Å²) in [6.45, 7) is 6.34. The molecular weight excluding hydrogens is 206 g/mol. The maximum atomic E-state index is 5.85. The van der Waals surface area contributed by atoms with Gasteiger partial charge in [-0.15, -0.1) is 11.6 Å². The molecule has 1 aliphatic rings. The first-order chi connectivity index (χ1) is 7.33. The van der Waals surface area contributed by atoms with Crippen LogP contribution in [0.15, 0.2) is 30.8 Å². The van der Waals surface area contributed by atoms with E-state index in [0.29, 0.717) is 5.88 Å². The van der Waals surface area contributed by atoms with Crippen molar-refractivity contribution < 1.29 is 0 Å². The summed E-state index contributed by atoms with van der Waals surface area (Å²) in [7, 11) is 0. The highest BCUT2D eigenvalue weighted by atomic mass is 35.5. The van der Waals surface area contributed by atoms with E-state index in [1.165, 1.54) is 24.1 Å². The first-order valence-corrected chi connectivity index (χ1v) is 5.94. The number of halogens is 1. The van der Waals surface area contributed by atoms with Gasteiger partial charge in [0, 0.05) is 30.2 Å². The zero-order valence-electron chi connectivity index (χ0n) is 8.88. The standard InChI is InChI=1S/C13H16ClN/c1-11(10-14)12-6-2-3-7-13(12)15-8-4-5-9-15/h2-3,6-7H,1,4-5,8-10H2. The van der Waals surface area contributed by atoms with Crippen molar-refractivity contribution in [1.29, 1.82) is 0 Å². The van der Waals surface area contributed by atoms with E-state index < -0.39 is 0 Å². The minimum Gasteiger partial charge on any atom is -0.371 e. The molecular formula is C13H16ClN. The summed E-state index contributed by atoms with van der Waals surface area (Å²) < 4.78 is 0. The Kier molecular flexibility index (Phi) is 3.32. The summed E-state index contributed by atoms with van der Waals surface area (Å²) in [6, 6.07) is 8.40. The number of anilines is 1. The number of para-hydroxylation sites is 1. The van der Waals surface area contributed by atoms with Gasteiger partial charge in [0.25, 0.3) is 0 Å². The number of hydrogen-bond donors (Lipinski definition) is 0. The minimum atomic E-state index is 0.505. The zero-order valence-corrected chi connectivity index (χ0v) is 9.63. The Balaban J connectivity index is 2.32. The zero-order chi connectivity index (χ0) is 10.7. The molecule has 0 radical (unpaired) electrons. The molecule has 0 N–H and O–H groups in total. The van der Waals surface area contributed by atoms with Crippen LogP contribution < -0.4 is 4.90 Å². The molecule has 80 valence electrons. The Morgan fingerprint density at radius 1 is 1.27 bits per heavy atom. The molecule has 1 nitrogen and oxygen atoms in total. The highest BCUT2D eigenvalue weighted by Crippen LogP contribution is 2.29. The Morgan fingerprint density at radius 2 is 1.93 bits per heavy atom. The van der Waals surface area contributed by atoms with Gasteiger partial charge in [-0.25, -0.2) is 0 Å². The Bertz CT molecular complexity index is 353. The second kappa shape index (κ2) is 4.71. The topological polar surface area (TPSA) is 3.24 Å². The molecule has 0 aliphatic carbocycles. The van der Waals surface area contributed by atoms with Gasteiger partial charge in [0.15, 0.2) is 0 Å². The molecule has 0 amide bonds. The van der Waals surface area contributed by atoms with Crippen LogP contribution in [-0.2, 0) is 0 Å². The normalized spacial score (nSPS) is 15.7. The van der Waals surface area contributed by atoms with Crippen molar-refractivity contribution in [3.05, 3.63) is 36.4 Å². The molecule has 1 saturated heterocycles. The average Bonchev–Trinajstić information content (AvgIpc) is 2.81. The van der Waals surface area contributed by atoms with Gasteiger partial charge in [-0.05, 0) is 24.5 Å². The smallest absolute Gasteiger partial charge is 0.0474 e. The monoisotopic (exact) mass is 221 g/mol. The summed E-state index contributed by atoms with van der Waals surface area (Å²) in [6.07, 6.45) is 2.59. The molecule has 0 bridgehead atoms. The predicted molar refractivity (Wildman–Crippen MR) is 67.6 cm³/mol. The third-order valence-corrected chi connectivity index (χ3v) is 3.22. The fourth-order valence-electron chi connectivity index (χ4n) is 2.08. The third kappa shape index (κ3) is 2.18. The first-order valence-electron chi connectivity index (χ1n) is 5.41. The van der Waals surface area contributed by atoms with Crippen LogP contribution in [0.2, 0.25) is 0 Å². The Labute approximate surface area is 96.4 Å². The van der Waals surface area contributed by atoms with E-state index >= 15 is 0 Å². The van der Waals surface area contributed by atoms with Crippen LogP contribution in [-0.4, -0.2) is 19.0 Å². The third-order valence-electron chi connectivity index (χ3n) is 2.89. The number of nitrogens with zero attached hydrogens (tertiary/aromatic N) is 1. The van der Waals surface area contributed by atoms with Gasteiger partial charge >= 0.3 is 0 Å². The number of allylic oxidation sites excluding steroid dienone is 1. The molecule has 0 atom stereocenters. The van der Waals surface area contributed by atoms with Crippen molar-refractivity contribution in [2.75, 3.05) is 23.9 Å². The maximum absolute atomic E-state index is 5.85. The molecule has 1 fully saturated rings. The molecule has 0 saturated carbocycles. The second-order valence-electron chi connectivity index (χ2n) is 3.95. The highest BCUT2D eigenvalue weighted by molar-refractivity contribution is 6.23. The van der Waals surface area contributed by atoms with Gasteiger partial charge in [-0.2, -0.15) is 0 Å². The van der Waals surface area contributed by atoms with Gasteiger partial charge in [-0.3, -0.25) is 0 Å². The Morgan fingerprint density at radius 3 is 2.60 bits per heavy atom. The molecule has 2 heteroatoms. The lowest BCUT2D eigenvalue weighted by atomic mass is 10.1. The molecule has 0 spiro atoms. The van der Waals surface area contributed by atoms with Crippen molar-refractivity contribution in [3.8, 4) is 0 Å². The number of benzene rings is 1. The number of hydrogen-bond acceptors (Lipinski definition) is 1. The lowest BCUT2D eigenvalue weighted by Gasteiger charge is -2.21. The van der Waals surface area contributed by atoms with E-state index in [-0.39, 0.29) is 0 Å². The van der Waals surface area contributed by atoms with Gasteiger partial charge in [0.2, 0.25) is 0 Å². The number of alkyl halides is 1. The van der Waals surface area contributed by atoms with Crippen molar-refractivity contribution in [1.82, 2.24) is 0 Å². The molecule has 1 aromatic carbocycles. The van der Waals surface area contributed by atoms with Crippen LogP contribution in [0.25, 0.3) is 5.57 Å².